The molecule has 0 saturated carbocycles. The number of rotatable bonds is 5. The van der Waals surface area contributed by atoms with Crippen molar-refractivity contribution in [3.05, 3.63) is 45.9 Å². The number of H-pyrrole nitrogens is 1. The van der Waals surface area contributed by atoms with Gasteiger partial charge in [0.05, 0.1) is 10.4 Å². The molecule has 0 radical (unpaired) electrons. The van der Waals surface area contributed by atoms with Crippen LogP contribution in [0.2, 0.25) is 0 Å². The number of hydrogen-bond acceptors (Lipinski definition) is 3. The lowest BCUT2D eigenvalue weighted by molar-refractivity contribution is 0.0919. The van der Waals surface area contributed by atoms with Crippen LogP contribution in [0, 0.1) is 6.92 Å². The lowest BCUT2D eigenvalue weighted by Crippen LogP contribution is -2.34. The molecule has 0 aromatic carbocycles. The Kier molecular flexibility index (Phi) is 4.16. The van der Waals surface area contributed by atoms with Crippen molar-refractivity contribution in [2.75, 3.05) is 0 Å². The zero-order valence-electron chi connectivity index (χ0n) is 10.9. The number of aromatic nitrogens is 1. The Morgan fingerprint density at radius 1 is 1.42 bits per heavy atom. The SMILES string of the molecule is Cc1[nH]ccc1C(=O)NC(C)CC(=O)c1cccs1. The molecule has 0 aliphatic rings. The van der Waals surface area contributed by atoms with E-state index in [1.54, 1.807) is 18.3 Å². The van der Waals surface area contributed by atoms with Crippen molar-refractivity contribution < 1.29 is 9.59 Å². The minimum absolute atomic E-state index is 0.0635. The van der Waals surface area contributed by atoms with Gasteiger partial charge >= 0.3 is 0 Å². The molecule has 0 fully saturated rings. The van der Waals surface area contributed by atoms with E-state index in [9.17, 15) is 9.59 Å². The summed E-state index contributed by atoms with van der Waals surface area (Å²) >= 11 is 1.42. The van der Waals surface area contributed by atoms with E-state index in [1.807, 2.05) is 25.3 Å². The van der Waals surface area contributed by atoms with E-state index in [2.05, 4.69) is 10.3 Å². The molecule has 19 heavy (non-hydrogen) atoms. The van der Waals surface area contributed by atoms with Crippen molar-refractivity contribution in [2.24, 2.45) is 0 Å². The van der Waals surface area contributed by atoms with Gasteiger partial charge in [-0.25, -0.2) is 0 Å². The van der Waals surface area contributed by atoms with Crippen LogP contribution in [0.5, 0.6) is 0 Å². The Balaban J connectivity index is 1.91. The van der Waals surface area contributed by atoms with E-state index in [4.69, 9.17) is 0 Å². The van der Waals surface area contributed by atoms with Gasteiger partial charge < -0.3 is 10.3 Å². The largest absolute Gasteiger partial charge is 0.365 e. The highest BCUT2D eigenvalue weighted by Crippen LogP contribution is 2.13. The molecular weight excluding hydrogens is 260 g/mol. The lowest BCUT2D eigenvalue weighted by atomic mass is 10.1. The quantitative estimate of drug-likeness (QED) is 0.825. The van der Waals surface area contributed by atoms with E-state index in [-0.39, 0.29) is 17.7 Å². The lowest BCUT2D eigenvalue weighted by Gasteiger charge is -2.12. The van der Waals surface area contributed by atoms with E-state index >= 15 is 0 Å². The maximum Gasteiger partial charge on any atom is 0.253 e. The maximum absolute atomic E-state index is 12.0. The summed E-state index contributed by atoms with van der Waals surface area (Å²) in [4.78, 5) is 27.6. The highest BCUT2D eigenvalue weighted by molar-refractivity contribution is 7.12. The number of carbonyl (C=O) groups excluding carboxylic acids is 2. The van der Waals surface area contributed by atoms with Crippen LogP contribution in [0.25, 0.3) is 0 Å². The number of Topliss-reactive ketones (excluding diaryl/α,β-unsaturated/α-hetero) is 1. The first kappa shape index (κ1) is 13.5. The van der Waals surface area contributed by atoms with Gasteiger partial charge in [-0.3, -0.25) is 9.59 Å². The zero-order chi connectivity index (χ0) is 13.8. The summed E-state index contributed by atoms with van der Waals surface area (Å²) in [5.74, 6) is -0.0844. The van der Waals surface area contributed by atoms with Crippen LogP contribution in [0.15, 0.2) is 29.8 Å². The Morgan fingerprint density at radius 3 is 2.79 bits per heavy atom. The number of carbonyl (C=O) groups is 2. The summed E-state index contributed by atoms with van der Waals surface area (Å²) in [6.07, 6.45) is 2.04. The zero-order valence-corrected chi connectivity index (χ0v) is 11.7. The van der Waals surface area contributed by atoms with Gasteiger partial charge in [-0.2, -0.15) is 0 Å². The van der Waals surface area contributed by atoms with Crippen LogP contribution in [0.1, 0.15) is 39.1 Å². The molecule has 2 heterocycles. The third-order valence-electron chi connectivity index (χ3n) is 2.86. The average molecular weight is 276 g/mol. The molecular formula is C14H16N2O2S. The van der Waals surface area contributed by atoms with Crippen LogP contribution < -0.4 is 5.32 Å². The maximum atomic E-state index is 12.0. The number of thiophene rings is 1. The smallest absolute Gasteiger partial charge is 0.253 e. The molecule has 2 N–H and O–H groups in total. The first-order valence-corrected chi connectivity index (χ1v) is 6.97. The highest BCUT2D eigenvalue weighted by atomic mass is 32.1. The third-order valence-corrected chi connectivity index (χ3v) is 3.77. The van der Waals surface area contributed by atoms with Gasteiger partial charge in [-0.1, -0.05) is 6.07 Å². The second-order valence-corrected chi connectivity index (χ2v) is 5.44. The van der Waals surface area contributed by atoms with E-state index in [0.717, 1.165) is 10.6 Å². The van der Waals surface area contributed by atoms with E-state index in [0.29, 0.717) is 12.0 Å². The molecule has 1 amide bonds. The summed E-state index contributed by atoms with van der Waals surface area (Å²) in [5, 5.41) is 4.72. The van der Waals surface area contributed by atoms with Gasteiger partial charge in [-0.15, -0.1) is 11.3 Å². The van der Waals surface area contributed by atoms with Crippen molar-refractivity contribution in [1.29, 1.82) is 0 Å². The van der Waals surface area contributed by atoms with E-state index in [1.165, 1.54) is 11.3 Å². The van der Waals surface area contributed by atoms with Crippen LogP contribution in [0.4, 0.5) is 0 Å². The molecule has 100 valence electrons. The van der Waals surface area contributed by atoms with Crippen LogP contribution in [-0.2, 0) is 0 Å². The second kappa shape index (κ2) is 5.84. The van der Waals surface area contributed by atoms with Crippen molar-refractivity contribution in [3.63, 3.8) is 0 Å². The van der Waals surface area contributed by atoms with Gasteiger partial charge in [0.1, 0.15) is 0 Å². The second-order valence-electron chi connectivity index (χ2n) is 4.50. The Morgan fingerprint density at radius 2 is 2.21 bits per heavy atom. The molecule has 0 saturated heterocycles. The first-order valence-electron chi connectivity index (χ1n) is 6.09. The topological polar surface area (TPSA) is 62.0 Å². The fraction of sp³-hybridized carbons (Fsp3) is 0.286. The molecule has 0 aliphatic heterocycles. The summed E-state index contributed by atoms with van der Waals surface area (Å²) in [6, 6.07) is 5.21. The minimum Gasteiger partial charge on any atom is -0.365 e. The molecule has 2 aromatic rings. The molecule has 1 atom stereocenters. The molecule has 2 rings (SSSR count). The van der Waals surface area contributed by atoms with Crippen molar-refractivity contribution in [3.8, 4) is 0 Å². The summed E-state index contributed by atoms with van der Waals surface area (Å²) < 4.78 is 0. The predicted octanol–water partition coefficient (Wildman–Crippen LogP) is 2.78. The summed E-state index contributed by atoms with van der Waals surface area (Å²) in [7, 11) is 0. The fourth-order valence-electron chi connectivity index (χ4n) is 1.87. The van der Waals surface area contributed by atoms with Crippen molar-refractivity contribution >= 4 is 23.0 Å². The summed E-state index contributed by atoms with van der Waals surface area (Å²) in [5.41, 5.74) is 1.45. The molecule has 5 heteroatoms. The average Bonchev–Trinajstić information content (AvgIpc) is 2.98. The fourth-order valence-corrected chi connectivity index (χ4v) is 2.54. The molecule has 0 aliphatic carbocycles. The number of ketones is 1. The predicted molar refractivity (Wildman–Crippen MR) is 75.7 cm³/mol. The number of aryl methyl sites for hydroxylation is 1. The monoisotopic (exact) mass is 276 g/mol. The third kappa shape index (κ3) is 3.32. The Hall–Kier alpha value is -1.88. The standard InChI is InChI=1S/C14H16N2O2S/c1-9(8-12(17)13-4-3-7-19-13)16-14(18)11-5-6-15-10(11)2/h3-7,9,15H,8H2,1-2H3,(H,16,18). The van der Waals surface area contributed by atoms with E-state index < -0.39 is 0 Å². The highest BCUT2D eigenvalue weighted by Gasteiger charge is 2.16. The number of aromatic amines is 1. The van der Waals surface area contributed by atoms with Crippen molar-refractivity contribution in [2.45, 2.75) is 26.3 Å². The number of hydrogen-bond donors (Lipinski definition) is 2. The van der Waals surface area contributed by atoms with Gasteiger partial charge in [0.2, 0.25) is 0 Å². The molecule has 1 unspecified atom stereocenters. The van der Waals surface area contributed by atoms with Crippen LogP contribution in [-0.4, -0.2) is 22.7 Å². The first-order chi connectivity index (χ1) is 9.08. The van der Waals surface area contributed by atoms with Crippen molar-refractivity contribution in [1.82, 2.24) is 10.3 Å². The number of nitrogens with one attached hydrogen (secondary N) is 2. The normalized spacial score (nSPS) is 12.1. The van der Waals surface area contributed by atoms with Gasteiger partial charge in [0.25, 0.3) is 5.91 Å². The summed E-state index contributed by atoms with van der Waals surface area (Å²) in [6.45, 7) is 3.68. The molecule has 0 bridgehead atoms. The van der Waals surface area contributed by atoms with Crippen LogP contribution in [0.3, 0.4) is 0 Å². The molecule has 0 spiro atoms. The van der Waals surface area contributed by atoms with Gasteiger partial charge in [0.15, 0.2) is 5.78 Å². The minimum atomic E-state index is -0.184. The number of amides is 1. The Labute approximate surface area is 115 Å². The van der Waals surface area contributed by atoms with Crippen LogP contribution >= 0.6 is 11.3 Å². The molecule has 2 aromatic heterocycles. The Bertz CT molecular complexity index is 572. The van der Waals surface area contributed by atoms with Gasteiger partial charge in [0, 0.05) is 24.4 Å². The molecule has 4 nitrogen and oxygen atoms in total. The van der Waals surface area contributed by atoms with Gasteiger partial charge in [-0.05, 0) is 31.4 Å².